The Hall–Kier alpha value is -3.27. The van der Waals surface area contributed by atoms with Crippen LogP contribution >= 0.6 is 22.9 Å². The number of rotatable bonds is 3. The van der Waals surface area contributed by atoms with Gasteiger partial charge in [-0.3, -0.25) is 9.56 Å². The van der Waals surface area contributed by atoms with Gasteiger partial charge in [-0.05, 0) is 67.9 Å². The molecule has 0 bridgehead atoms. The zero-order chi connectivity index (χ0) is 23.8. The molecule has 0 saturated carbocycles. The van der Waals surface area contributed by atoms with Gasteiger partial charge in [-0.15, -0.1) is 21.5 Å². The molecule has 0 amide bonds. The summed E-state index contributed by atoms with van der Waals surface area (Å²) in [4.78, 5) is 10.6. The van der Waals surface area contributed by atoms with Crippen LogP contribution in [-0.2, 0) is 0 Å². The van der Waals surface area contributed by atoms with Gasteiger partial charge in [-0.1, -0.05) is 43.6 Å². The molecule has 0 N–H and O–H groups in total. The zero-order valence-corrected chi connectivity index (χ0v) is 21.1. The largest absolute Gasteiger partial charge is 0.273 e. The Morgan fingerprint density at radius 2 is 1.85 bits per heavy atom. The van der Waals surface area contributed by atoms with Crippen LogP contribution in [0.5, 0.6) is 0 Å². The average Bonchev–Trinajstić information content (AvgIpc) is 3.31. The maximum Gasteiger partial charge on any atom is 0.163 e. The minimum absolute atomic E-state index is 0.0890. The third kappa shape index (κ3) is 4.18. The summed E-state index contributed by atoms with van der Waals surface area (Å²) in [7, 11) is 0. The Labute approximate surface area is 208 Å². The fraction of sp³-hybridized carbons (Fsp3) is 0.259. The van der Waals surface area contributed by atoms with Crippen molar-refractivity contribution in [2.75, 3.05) is 0 Å². The van der Waals surface area contributed by atoms with Crippen molar-refractivity contribution in [1.82, 2.24) is 19.7 Å². The predicted molar refractivity (Wildman–Crippen MR) is 138 cm³/mol. The van der Waals surface area contributed by atoms with Crippen molar-refractivity contribution in [1.29, 1.82) is 0 Å². The minimum atomic E-state index is -0.0890. The number of halogens is 1. The molecule has 1 atom stereocenters. The number of fused-ring (bicyclic) bond motifs is 3. The van der Waals surface area contributed by atoms with Crippen molar-refractivity contribution in [2.24, 2.45) is 10.9 Å². The number of aliphatic imine (C=N–C) groups is 1. The highest BCUT2D eigenvalue weighted by atomic mass is 35.5. The van der Waals surface area contributed by atoms with Gasteiger partial charge in [0.25, 0.3) is 0 Å². The van der Waals surface area contributed by atoms with Crippen molar-refractivity contribution in [2.45, 2.75) is 40.2 Å². The number of aromatic nitrogens is 4. The highest BCUT2D eigenvalue weighted by molar-refractivity contribution is 7.15. The molecule has 4 aromatic rings. The van der Waals surface area contributed by atoms with Gasteiger partial charge >= 0.3 is 0 Å². The van der Waals surface area contributed by atoms with Crippen LogP contribution < -0.4 is 0 Å². The number of thiophene rings is 1. The summed E-state index contributed by atoms with van der Waals surface area (Å²) in [6, 6.07) is 13.6. The highest BCUT2D eigenvalue weighted by Crippen LogP contribution is 2.40. The van der Waals surface area contributed by atoms with Gasteiger partial charge in [0.05, 0.1) is 10.6 Å². The number of pyridine rings is 1. The van der Waals surface area contributed by atoms with Crippen LogP contribution in [0.25, 0.3) is 5.00 Å². The zero-order valence-electron chi connectivity index (χ0n) is 19.5. The van der Waals surface area contributed by atoms with E-state index in [9.17, 15) is 0 Å². The third-order valence-corrected chi connectivity index (χ3v) is 7.23. The first kappa shape index (κ1) is 22.5. The summed E-state index contributed by atoms with van der Waals surface area (Å²) in [5.41, 5.74) is 4.90. The first-order valence-corrected chi connectivity index (χ1v) is 12.4. The molecule has 5 nitrogen and oxygen atoms in total. The molecule has 0 spiro atoms. The molecule has 1 aliphatic heterocycles. The van der Waals surface area contributed by atoms with E-state index in [2.05, 4.69) is 52.4 Å². The van der Waals surface area contributed by atoms with E-state index in [1.807, 2.05) is 49.4 Å². The summed E-state index contributed by atoms with van der Waals surface area (Å²) in [6.45, 7) is 8.53. The van der Waals surface area contributed by atoms with E-state index in [1.54, 1.807) is 17.5 Å². The monoisotopic (exact) mass is 485 g/mol. The lowest BCUT2D eigenvalue weighted by Gasteiger charge is -2.14. The Morgan fingerprint density at radius 3 is 2.56 bits per heavy atom. The number of aryl methyl sites for hydroxylation is 1. The molecule has 7 heteroatoms. The molecule has 0 saturated heterocycles. The Morgan fingerprint density at radius 1 is 1.06 bits per heavy atom. The van der Waals surface area contributed by atoms with E-state index in [1.165, 1.54) is 0 Å². The predicted octanol–water partition coefficient (Wildman–Crippen LogP) is 6.33. The number of benzene rings is 1. The molecule has 1 aromatic carbocycles. The molecule has 3 aromatic heterocycles. The molecule has 0 aliphatic carbocycles. The van der Waals surface area contributed by atoms with Gasteiger partial charge in [0.2, 0.25) is 0 Å². The first-order valence-electron chi connectivity index (χ1n) is 11.2. The smallest absolute Gasteiger partial charge is 0.163 e. The van der Waals surface area contributed by atoms with Crippen molar-refractivity contribution < 1.29 is 0 Å². The summed E-state index contributed by atoms with van der Waals surface area (Å²) < 4.78 is 2.17. The average molecular weight is 486 g/mol. The molecule has 170 valence electrons. The van der Waals surface area contributed by atoms with Gasteiger partial charge in [0, 0.05) is 22.3 Å². The van der Waals surface area contributed by atoms with Crippen molar-refractivity contribution >= 4 is 28.6 Å². The van der Waals surface area contributed by atoms with Gasteiger partial charge in [0.15, 0.2) is 5.82 Å². The molecular weight excluding hydrogens is 462 g/mol. The summed E-state index contributed by atoms with van der Waals surface area (Å²) in [6.07, 6.45) is 2.64. The molecular formula is C27H24ClN5S. The Balaban J connectivity index is 1.75. The summed E-state index contributed by atoms with van der Waals surface area (Å²) in [5.74, 6) is 8.74. The SMILES string of the molecule is Cc1c(C#Cc2ccccn2)sc2c1C(c1ccc(Cl)cc1)=N[C@@H](CC(C)C)c1nnc(C)n1-2. The minimum Gasteiger partial charge on any atom is -0.273 e. The summed E-state index contributed by atoms with van der Waals surface area (Å²) >= 11 is 7.86. The van der Waals surface area contributed by atoms with E-state index in [-0.39, 0.29) is 6.04 Å². The van der Waals surface area contributed by atoms with Crippen LogP contribution in [0.15, 0.2) is 53.7 Å². The van der Waals surface area contributed by atoms with E-state index < -0.39 is 0 Å². The van der Waals surface area contributed by atoms with E-state index >= 15 is 0 Å². The number of hydrogen-bond acceptors (Lipinski definition) is 5. The van der Waals surface area contributed by atoms with Crippen molar-refractivity contribution in [3.8, 4) is 16.8 Å². The van der Waals surface area contributed by atoms with Gasteiger partial charge in [-0.2, -0.15) is 0 Å². The second kappa shape index (κ2) is 9.17. The molecule has 0 radical (unpaired) electrons. The lowest BCUT2D eigenvalue weighted by atomic mass is 9.99. The van der Waals surface area contributed by atoms with Crippen LogP contribution in [-0.4, -0.2) is 25.5 Å². The maximum absolute atomic E-state index is 6.21. The first-order chi connectivity index (χ1) is 16.4. The van der Waals surface area contributed by atoms with E-state index in [4.69, 9.17) is 16.6 Å². The Bertz CT molecular complexity index is 1440. The van der Waals surface area contributed by atoms with Crippen LogP contribution in [0.1, 0.15) is 65.2 Å². The maximum atomic E-state index is 6.21. The van der Waals surface area contributed by atoms with Crippen LogP contribution in [0, 0.1) is 31.6 Å². The fourth-order valence-corrected chi connectivity index (χ4v) is 5.51. The topological polar surface area (TPSA) is 56.0 Å². The lowest BCUT2D eigenvalue weighted by molar-refractivity contribution is 0.491. The quantitative estimate of drug-likeness (QED) is 0.318. The lowest BCUT2D eigenvalue weighted by Crippen LogP contribution is -2.08. The molecule has 0 fully saturated rings. The van der Waals surface area contributed by atoms with Crippen molar-refractivity contribution in [3.05, 3.63) is 92.6 Å². The van der Waals surface area contributed by atoms with Crippen molar-refractivity contribution in [3.63, 3.8) is 0 Å². The van der Waals surface area contributed by atoms with E-state index in [0.29, 0.717) is 10.9 Å². The molecule has 34 heavy (non-hydrogen) atoms. The Kier molecular flexibility index (Phi) is 6.07. The standard InChI is InChI=1S/C27H24ClN5S/c1-16(2)15-22-26-32-31-18(4)33(26)27-24(25(30-22)19-8-10-20(28)11-9-19)17(3)23(34-27)13-12-21-7-5-6-14-29-21/h5-11,14,16,22H,15H2,1-4H3/t22-/m0/s1. The summed E-state index contributed by atoms with van der Waals surface area (Å²) in [5, 5.41) is 10.8. The fourth-order valence-electron chi connectivity index (χ4n) is 4.17. The van der Waals surface area contributed by atoms with E-state index in [0.717, 1.165) is 56.0 Å². The number of hydrogen-bond donors (Lipinski definition) is 0. The highest BCUT2D eigenvalue weighted by Gasteiger charge is 2.32. The second-order valence-corrected chi connectivity index (χ2v) is 10.2. The molecule has 4 heterocycles. The van der Waals surface area contributed by atoms with Gasteiger partial charge in [-0.25, -0.2) is 4.98 Å². The normalized spacial score (nSPS) is 14.6. The van der Waals surface area contributed by atoms with Gasteiger partial charge < -0.3 is 0 Å². The third-order valence-electron chi connectivity index (χ3n) is 5.78. The number of nitrogens with zero attached hydrogens (tertiary/aromatic N) is 5. The molecule has 1 aliphatic rings. The second-order valence-electron chi connectivity index (χ2n) is 8.77. The molecule has 0 unspecified atom stereocenters. The van der Waals surface area contributed by atoms with Crippen LogP contribution in [0.3, 0.4) is 0 Å². The van der Waals surface area contributed by atoms with Crippen LogP contribution in [0.4, 0.5) is 0 Å². The molecule has 5 rings (SSSR count). The van der Waals surface area contributed by atoms with Crippen LogP contribution in [0.2, 0.25) is 5.02 Å². The van der Waals surface area contributed by atoms with Gasteiger partial charge in [0.1, 0.15) is 22.6 Å².